The second-order valence-electron chi connectivity index (χ2n) is 14.1. The van der Waals surface area contributed by atoms with Crippen molar-refractivity contribution in [1.29, 1.82) is 0 Å². The van der Waals surface area contributed by atoms with Gasteiger partial charge in [0.05, 0.1) is 44.6 Å². The third-order valence-corrected chi connectivity index (χ3v) is 13.1. The van der Waals surface area contributed by atoms with Crippen LogP contribution in [0.3, 0.4) is 0 Å². The summed E-state index contributed by atoms with van der Waals surface area (Å²) in [5.41, 5.74) is 12.0. The maximum Gasteiger partial charge on any atom is 0.255 e. The number of amides is 1. The first-order valence-corrected chi connectivity index (χ1v) is 19.3. The second-order valence-corrected chi connectivity index (χ2v) is 16.2. The number of carbonyl (C=O) groups excluding carboxylic acids is 1. The van der Waals surface area contributed by atoms with Gasteiger partial charge >= 0.3 is 0 Å². The number of guanidine groups is 2. The molecule has 8 rings (SSSR count). The number of hydrogen-bond donors (Lipinski definition) is 2. The predicted molar refractivity (Wildman–Crippen MR) is 207 cm³/mol. The number of aromatic nitrogens is 4. The van der Waals surface area contributed by atoms with Gasteiger partial charge in [0, 0.05) is 27.2 Å². The monoisotopic (exact) mass is 804 g/mol. The number of halogens is 2. The lowest BCUT2D eigenvalue weighted by atomic mass is 9.79. The van der Waals surface area contributed by atoms with Gasteiger partial charge in [-0.2, -0.15) is 18.7 Å². The van der Waals surface area contributed by atoms with E-state index in [9.17, 15) is 22.0 Å². The first kappa shape index (κ1) is 39.1. The number of aliphatic imine (C=N–C) groups is 2. The molecule has 20 heteroatoms. The SMILES string of the molecule is COc1nc(N2CC3C(=O)N(C)C(N)=N[C@@]3(c3ccccc3)C2)nc(C)c1F.COc1nc(N2CC3[C@@](c4ccccc4)(C2)N=C(N)N(C)S3(=O)=O)nc(C)c1F. The van der Waals surface area contributed by atoms with Gasteiger partial charge in [-0.15, -0.1) is 0 Å². The normalized spacial score (nSPS) is 24.9. The van der Waals surface area contributed by atoms with Crippen LogP contribution >= 0.6 is 0 Å². The Bertz CT molecular complexity index is 2390. The fourth-order valence-corrected chi connectivity index (χ4v) is 9.57. The van der Waals surface area contributed by atoms with Crippen molar-refractivity contribution in [2.75, 3.05) is 64.3 Å². The van der Waals surface area contributed by atoms with E-state index in [1.54, 1.807) is 18.9 Å². The predicted octanol–water partition coefficient (Wildman–Crippen LogP) is 1.66. The van der Waals surface area contributed by atoms with E-state index in [-0.39, 0.29) is 60.0 Å². The lowest BCUT2D eigenvalue weighted by molar-refractivity contribution is -0.132. The van der Waals surface area contributed by atoms with Crippen molar-refractivity contribution in [3.8, 4) is 11.8 Å². The number of nitrogens with zero attached hydrogens (tertiary/aromatic N) is 10. The van der Waals surface area contributed by atoms with E-state index in [2.05, 4.69) is 24.9 Å². The molecule has 0 spiro atoms. The van der Waals surface area contributed by atoms with Crippen molar-refractivity contribution in [2.24, 2.45) is 27.4 Å². The molecule has 4 aliphatic rings. The number of carbonyl (C=O) groups is 1. The molecule has 57 heavy (non-hydrogen) atoms. The minimum absolute atomic E-state index is 0.0760. The van der Waals surface area contributed by atoms with Crippen molar-refractivity contribution >= 4 is 39.7 Å². The Labute approximate surface area is 328 Å². The average molecular weight is 805 g/mol. The largest absolute Gasteiger partial charge is 0.479 e. The summed E-state index contributed by atoms with van der Waals surface area (Å²) in [6, 6.07) is 18.7. The number of methoxy groups -OCH3 is 2. The first-order chi connectivity index (χ1) is 27.1. The highest BCUT2D eigenvalue weighted by Gasteiger charge is 2.59. The smallest absolute Gasteiger partial charge is 0.255 e. The highest BCUT2D eigenvalue weighted by Crippen LogP contribution is 2.46. The zero-order valence-corrected chi connectivity index (χ0v) is 32.9. The lowest BCUT2D eigenvalue weighted by Gasteiger charge is -2.38. The summed E-state index contributed by atoms with van der Waals surface area (Å²) < 4.78 is 65.7. The molecular formula is C37H42F2N12O5S. The van der Waals surface area contributed by atoms with Crippen molar-refractivity contribution in [3.05, 3.63) is 94.8 Å². The molecule has 2 saturated heterocycles. The van der Waals surface area contributed by atoms with Gasteiger partial charge in [0.15, 0.2) is 5.96 Å². The number of fused-ring (bicyclic) bond motifs is 2. The first-order valence-electron chi connectivity index (χ1n) is 17.8. The van der Waals surface area contributed by atoms with Gasteiger partial charge in [0.2, 0.25) is 45.4 Å². The van der Waals surface area contributed by atoms with Crippen molar-refractivity contribution < 1.29 is 31.5 Å². The molecule has 4 aromatic rings. The van der Waals surface area contributed by atoms with E-state index in [1.807, 2.05) is 65.6 Å². The lowest BCUT2D eigenvalue weighted by Crippen LogP contribution is -2.56. The van der Waals surface area contributed by atoms with Crippen LogP contribution in [0.5, 0.6) is 11.8 Å². The highest BCUT2D eigenvalue weighted by atomic mass is 32.2. The standard InChI is InChI=1S/C19H21FN6O2.C18H21FN6O3S/c1-11-14(20)15(28-3)23-18(22-11)26-9-13-16(27)25(2)17(21)24-19(13,10-26)12-7-5-4-6-8-12;1-11-14(19)15(28-3)22-17(21-11)25-9-13-18(10-25,12-7-5-4-6-8-12)23-16(20)24(2)29(13,26)27/h4-8,13H,9-10H2,1-3H3,(H2,21,24);4-8,13H,9-10H2,1-3H3,(H2,20,23)/t13?,19-;13?,18-/m10/s1. The Morgan fingerprint density at radius 3 is 1.68 bits per heavy atom. The van der Waals surface area contributed by atoms with E-state index < -0.39 is 43.9 Å². The van der Waals surface area contributed by atoms with Crippen LogP contribution < -0.4 is 30.7 Å². The Kier molecular flexibility index (Phi) is 9.87. The number of anilines is 2. The molecular weight excluding hydrogens is 763 g/mol. The molecule has 0 radical (unpaired) electrons. The number of hydrogen-bond acceptors (Lipinski definition) is 15. The summed E-state index contributed by atoms with van der Waals surface area (Å²) in [7, 11) is 1.87. The minimum atomic E-state index is -3.79. The Hall–Kier alpha value is -6.18. The molecule has 4 atom stereocenters. The summed E-state index contributed by atoms with van der Waals surface area (Å²) in [4.78, 5) is 44.1. The summed E-state index contributed by atoms with van der Waals surface area (Å²) in [6.07, 6.45) is 0. The van der Waals surface area contributed by atoms with Gasteiger partial charge < -0.3 is 30.7 Å². The zero-order valence-electron chi connectivity index (χ0n) is 32.1. The van der Waals surface area contributed by atoms with Crippen LogP contribution in [0.25, 0.3) is 0 Å². The molecule has 4 N–H and O–H groups in total. The summed E-state index contributed by atoms with van der Waals surface area (Å²) in [5, 5.41) is -0.908. The molecule has 0 saturated carbocycles. The fourth-order valence-electron chi connectivity index (χ4n) is 7.76. The van der Waals surface area contributed by atoms with Gasteiger partial charge in [-0.25, -0.2) is 32.7 Å². The number of sulfonamides is 1. The third-order valence-electron chi connectivity index (χ3n) is 10.9. The van der Waals surface area contributed by atoms with E-state index in [0.717, 1.165) is 15.4 Å². The maximum atomic E-state index is 14.1. The van der Waals surface area contributed by atoms with Crippen molar-refractivity contribution in [2.45, 2.75) is 30.2 Å². The van der Waals surface area contributed by atoms with E-state index >= 15 is 0 Å². The Morgan fingerprint density at radius 1 is 0.719 bits per heavy atom. The molecule has 2 aromatic carbocycles. The van der Waals surface area contributed by atoms with Gasteiger partial charge in [-0.05, 0) is 25.0 Å². The number of benzene rings is 2. The quantitative estimate of drug-likeness (QED) is 0.285. The third kappa shape index (κ3) is 6.36. The average Bonchev–Trinajstić information content (AvgIpc) is 3.81. The Morgan fingerprint density at radius 2 is 1.18 bits per heavy atom. The van der Waals surface area contributed by atoms with Gasteiger partial charge in [0.1, 0.15) is 16.3 Å². The highest BCUT2D eigenvalue weighted by molar-refractivity contribution is 7.90. The number of nitrogens with two attached hydrogens (primary N) is 2. The molecule has 4 aliphatic heterocycles. The van der Waals surface area contributed by atoms with E-state index in [0.29, 0.717) is 19.0 Å². The van der Waals surface area contributed by atoms with Gasteiger partial charge in [-0.3, -0.25) is 9.69 Å². The summed E-state index contributed by atoms with van der Waals surface area (Å²) in [5.74, 6) is -1.60. The van der Waals surface area contributed by atoms with Crippen LogP contribution in [0.15, 0.2) is 70.6 Å². The van der Waals surface area contributed by atoms with Crippen LogP contribution in [0, 0.1) is 31.4 Å². The number of aryl methyl sites for hydroxylation is 2. The van der Waals surface area contributed by atoms with Crippen molar-refractivity contribution in [3.63, 3.8) is 0 Å². The van der Waals surface area contributed by atoms with Crippen molar-refractivity contribution in [1.82, 2.24) is 29.1 Å². The van der Waals surface area contributed by atoms with Crippen LogP contribution in [-0.4, -0.2) is 115 Å². The molecule has 300 valence electrons. The van der Waals surface area contributed by atoms with Crippen LogP contribution in [-0.2, 0) is 25.9 Å². The Balaban J connectivity index is 0.000000174. The number of rotatable bonds is 6. The number of ether oxygens (including phenoxy) is 2. The van der Waals surface area contributed by atoms with Gasteiger partial charge in [0.25, 0.3) is 11.8 Å². The fraction of sp³-hybridized carbons (Fsp3) is 0.378. The molecule has 0 aliphatic carbocycles. The zero-order chi connectivity index (χ0) is 41.0. The maximum absolute atomic E-state index is 14.1. The molecule has 6 heterocycles. The van der Waals surface area contributed by atoms with E-state index in [1.165, 1.54) is 33.1 Å². The van der Waals surface area contributed by atoms with Crippen LogP contribution in [0.2, 0.25) is 0 Å². The topological polar surface area (TPSA) is 211 Å². The summed E-state index contributed by atoms with van der Waals surface area (Å²) in [6.45, 7) is 3.98. The van der Waals surface area contributed by atoms with Gasteiger partial charge in [-0.1, -0.05) is 60.7 Å². The minimum Gasteiger partial charge on any atom is -0.479 e. The van der Waals surface area contributed by atoms with E-state index in [4.69, 9.17) is 25.9 Å². The molecule has 2 fully saturated rings. The molecule has 0 bridgehead atoms. The molecule has 2 aromatic heterocycles. The summed E-state index contributed by atoms with van der Waals surface area (Å²) >= 11 is 0. The van der Waals surface area contributed by atoms with Crippen LogP contribution in [0.1, 0.15) is 22.5 Å². The van der Waals surface area contributed by atoms with Crippen LogP contribution in [0.4, 0.5) is 20.7 Å². The molecule has 1 amide bonds. The molecule has 17 nitrogen and oxygen atoms in total. The molecule has 2 unspecified atom stereocenters. The second kappa shape index (κ2) is 14.4.